The first-order chi connectivity index (χ1) is 6.32. The Bertz CT molecular complexity index is 379. The Morgan fingerprint density at radius 1 is 1.33 bits per heavy atom. The lowest BCUT2D eigenvalue weighted by atomic mass is 10.1. The van der Waals surface area contributed by atoms with E-state index >= 15 is 0 Å². The van der Waals surface area contributed by atoms with E-state index in [-0.39, 0.29) is 16.2 Å². The normalized spacial score (nSPS) is 10.7. The van der Waals surface area contributed by atoms with Crippen LogP contribution in [-0.4, -0.2) is 17.4 Å². The first-order valence-electron chi connectivity index (χ1n) is 3.49. The van der Waals surface area contributed by atoms with E-state index in [9.17, 15) is 18.0 Å². The van der Waals surface area contributed by atoms with E-state index in [0.717, 1.165) is 12.1 Å². The van der Waals surface area contributed by atoms with Crippen LogP contribution in [0.5, 0.6) is 0 Å². The largest absolute Gasteiger partial charge is 0.454 e. The summed E-state index contributed by atoms with van der Waals surface area (Å²) in [7, 11) is 0. The van der Waals surface area contributed by atoms with Crippen LogP contribution in [-0.2, 0) is 0 Å². The minimum atomic E-state index is -4.93. The molecule has 7 heteroatoms. The molecule has 0 saturated carbocycles. The Morgan fingerprint density at radius 3 is 2.33 bits per heavy atom. The molecule has 1 aromatic rings. The highest BCUT2D eigenvalue weighted by Crippen LogP contribution is 2.26. The fraction of sp³-hybridized carbons (Fsp3) is 0.125. The maximum atomic E-state index is 12.0. The molecular formula is C8H7ClF3NO2. The summed E-state index contributed by atoms with van der Waals surface area (Å²) in [5.74, 6) is -1.99. The summed E-state index contributed by atoms with van der Waals surface area (Å²) >= 11 is 5.44. The molecule has 0 radical (unpaired) electrons. The van der Waals surface area contributed by atoms with Crippen molar-refractivity contribution < 1.29 is 23.4 Å². The predicted octanol–water partition coefficient (Wildman–Crippen LogP) is 1.84. The molecule has 0 saturated heterocycles. The van der Waals surface area contributed by atoms with E-state index in [1.54, 1.807) is 0 Å². The number of carbonyl (C=O) groups excluding carboxylic acids is 1. The Labute approximate surface area is 87.9 Å². The highest BCUT2D eigenvalue weighted by Gasteiger charge is 2.40. The molecule has 0 atom stereocenters. The monoisotopic (exact) mass is 241 g/mol. The molecule has 0 aromatic heterocycles. The topological polar surface area (TPSA) is 74.6 Å². The van der Waals surface area contributed by atoms with E-state index in [1.807, 2.05) is 0 Å². The van der Waals surface area contributed by atoms with Crippen molar-refractivity contribution in [3.05, 3.63) is 28.8 Å². The zero-order valence-corrected chi connectivity index (χ0v) is 7.99. The van der Waals surface area contributed by atoms with Gasteiger partial charge in [-0.05, 0) is 18.2 Å². The quantitative estimate of drug-likeness (QED) is 0.602. The van der Waals surface area contributed by atoms with Crippen molar-refractivity contribution in [2.24, 2.45) is 0 Å². The van der Waals surface area contributed by atoms with Crippen molar-refractivity contribution in [2.75, 3.05) is 5.73 Å². The van der Waals surface area contributed by atoms with Crippen LogP contribution in [0.4, 0.5) is 18.9 Å². The number of carbonyl (C=O) groups is 1. The maximum absolute atomic E-state index is 12.0. The molecule has 0 spiro atoms. The van der Waals surface area contributed by atoms with Gasteiger partial charge in [0.15, 0.2) is 0 Å². The molecule has 0 heterocycles. The van der Waals surface area contributed by atoms with Crippen molar-refractivity contribution in [2.45, 2.75) is 6.18 Å². The van der Waals surface area contributed by atoms with Crippen LogP contribution in [0.2, 0.25) is 5.02 Å². The van der Waals surface area contributed by atoms with Gasteiger partial charge in [0.1, 0.15) is 0 Å². The highest BCUT2D eigenvalue weighted by atomic mass is 35.5. The zero-order valence-electron chi connectivity index (χ0n) is 7.23. The number of hydrogen-bond donors (Lipinski definition) is 1. The number of rotatable bonds is 1. The highest BCUT2D eigenvalue weighted by molar-refractivity contribution is 6.31. The molecule has 0 amide bonds. The molecular weight excluding hydrogens is 235 g/mol. The number of ketones is 1. The van der Waals surface area contributed by atoms with E-state index in [1.165, 1.54) is 6.07 Å². The van der Waals surface area contributed by atoms with E-state index in [4.69, 9.17) is 17.3 Å². The second-order valence-electron chi connectivity index (χ2n) is 2.56. The third-order valence-electron chi connectivity index (χ3n) is 1.52. The number of alkyl halides is 3. The third kappa shape index (κ3) is 3.10. The molecule has 84 valence electrons. The van der Waals surface area contributed by atoms with Crippen LogP contribution in [0.25, 0.3) is 0 Å². The minimum absolute atomic E-state index is 0. The first-order valence-corrected chi connectivity index (χ1v) is 3.86. The van der Waals surface area contributed by atoms with Gasteiger partial charge in [-0.25, -0.2) is 0 Å². The van der Waals surface area contributed by atoms with E-state index in [2.05, 4.69) is 0 Å². The van der Waals surface area contributed by atoms with Gasteiger partial charge in [0, 0.05) is 10.7 Å². The van der Waals surface area contributed by atoms with Crippen LogP contribution >= 0.6 is 11.6 Å². The maximum Gasteiger partial charge on any atom is 0.454 e. The molecule has 1 aromatic carbocycles. The van der Waals surface area contributed by atoms with Gasteiger partial charge in [-0.1, -0.05) is 11.6 Å². The molecule has 3 nitrogen and oxygen atoms in total. The number of halogens is 4. The molecule has 0 aliphatic heterocycles. The number of benzene rings is 1. The lowest BCUT2D eigenvalue weighted by molar-refractivity contribution is -0.0884. The van der Waals surface area contributed by atoms with Crippen molar-refractivity contribution in [3.8, 4) is 0 Å². The second-order valence-corrected chi connectivity index (χ2v) is 2.99. The summed E-state index contributed by atoms with van der Waals surface area (Å²) in [5.41, 5.74) is 4.35. The fourth-order valence-corrected chi connectivity index (χ4v) is 1.05. The fourth-order valence-electron chi connectivity index (χ4n) is 0.878. The predicted molar refractivity (Wildman–Crippen MR) is 49.9 cm³/mol. The van der Waals surface area contributed by atoms with Crippen LogP contribution < -0.4 is 5.73 Å². The standard InChI is InChI=1S/C8H5ClF3NO.H2O/c9-4-1-2-6(13)5(3-4)7(14)8(10,11)12;/h1-3H,13H2;1H2. The van der Waals surface area contributed by atoms with Gasteiger partial charge in [-0.15, -0.1) is 0 Å². The average Bonchev–Trinajstić information content (AvgIpc) is 2.06. The Morgan fingerprint density at radius 2 is 1.87 bits per heavy atom. The van der Waals surface area contributed by atoms with Gasteiger partial charge >= 0.3 is 6.18 Å². The molecule has 0 fully saturated rings. The Hall–Kier alpha value is -1.27. The number of Topliss-reactive ketones (excluding diaryl/α,β-unsaturated/α-hetero) is 1. The zero-order chi connectivity index (χ0) is 10.9. The molecule has 1 rings (SSSR count). The minimum Gasteiger partial charge on any atom is -0.412 e. The summed E-state index contributed by atoms with van der Waals surface area (Å²) < 4.78 is 36.0. The number of nitrogen functional groups attached to an aromatic ring is 1. The van der Waals surface area contributed by atoms with Crippen LogP contribution in [0.1, 0.15) is 10.4 Å². The van der Waals surface area contributed by atoms with Gasteiger partial charge < -0.3 is 11.2 Å². The summed E-state index contributed by atoms with van der Waals surface area (Å²) in [6.45, 7) is 0. The number of hydrogen-bond acceptors (Lipinski definition) is 2. The van der Waals surface area contributed by atoms with Gasteiger partial charge in [0.2, 0.25) is 0 Å². The summed E-state index contributed by atoms with van der Waals surface area (Å²) in [5, 5.41) is 0.0341. The van der Waals surface area contributed by atoms with E-state index < -0.39 is 17.5 Å². The Balaban J connectivity index is 0.00000196. The van der Waals surface area contributed by atoms with E-state index in [0.29, 0.717) is 0 Å². The van der Waals surface area contributed by atoms with Crippen molar-refractivity contribution in [1.29, 1.82) is 0 Å². The van der Waals surface area contributed by atoms with Crippen molar-refractivity contribution in [3.63, 3.8) is 0 Å². The molecule has 0 bridgehead atoms. The van der Waals surface area contributed by atoms with Gasteiger partial charge in [0.05, 0.1) is 5.56 Å². The molecule has 0 unspecified atom stereocenters. The number of anilines is 1. The third-order valence-corrected chi connectivity index (χ3v) is 1.75. The molecule has 0 aliphatic carbocycles. The SMILES string of the molecule is Nc1ccc(Cl)cc1C(=O)C(F)(F)F.O. The van der Waals surface area contributed by atoms with Crippen molar-refractivity contribution in [1.82, 2.24) is 0 Å². The van der Waals surface area contributed by atoms with Gasteiger partial charge in [-0.3, -0.25) is 4.79 Å². The Kier molecular flexibility index (Phi) is 4.12. The number of nitrogens with two attached hydrogens (primary N) is 1. The second kappa shape index (κ2) is 4.50. The lowest BCUT2D eigenvalue weighted by Gasteiger charge is -2.07. The van der Waals surface area contributed by atoms with Crippen LogP contribution in [0, 0.1) is 0 Å². The van der Waals surface area contributed by atoms with Crippen LogP contribution in [0.3, 0.4) is 0 Å². The first kappa shape index (κ1) is 13.7. The van der Waals surface area contributed by atoms with Gasteiger partial charge in [-0.2, -0.15) is 13.2 Å². The molecule has 4 N–H and O–H groups in total. The van der Waals surface area contributed by atoms with Crippen LogP contribution in [0.15, 0.2) is 18.2 Å². The summed E-state index contributed by atoms with van der Waals surface area (Å²) in [6.07, 6.45) is -4.93. The smallest absolute Gasteiger partial charge is 0.412 e. The summed E-state index contributed by atoms with van der Waals surface area (Å²) in [6, 6.07) is 3.36. The summed E-state index contributed by atoms with van der Waals surface area (Å²) in [4.78, 5) is 10.8. The molecule has 15 heavy (non-hydrogen) atoms. The van der Waals surface area contributed by atoms with Gasteiger partial charge in [0.25, 0.3) is 5.78 Å². The lowest BCUT2D eigenvalue weighted by Crippen LogP contribution is -2.23. The van der Waals surface area contributed by atoms with Crippen molar-refractivity contribution >= 4 is 23.1 Å². The average molecular weight is 242 g/mol. The molecule has 0 aliphatic rings.